The molecule has 3 rings (SSSR count). The van der Waals surface area contributed by atoms with Crippen LogP contribution in [0.4, 0.5) is 14.9 Å². The zero-order chi connectivity index (χ0) is 19.1. The summed E-state index contributed by atoms with van der Waals surface area (Å²) in [6, 6.07) is 14.7. The Labute approximate surface area is 160 Å². The van der Waals surface area contributed by atoms with Crippen molar-refractivity contribution in [1.82, 2.24) is 10.2 Å². The van der Waals surface area contributed by atoms with Crippen molar-refractivity contribution in [2.24, 2.45) is 5.92 Å². The molecule has 2 N–H and O–H groups in total. The molecule has 0 atom stereocenters. The van der Waals surface area contributed by atoms with Gasteiger partial charge in [-0.15, -0.1) is 0 Å². The number of rotatable bonds is 6. The number of likely N-dealkylation sites (tertiary alicyclic amines) is 1. The molecule has 4 nitrogen and oxygen atoms in total. The maximum absolute atomic E-state index is 13.8. The van der Waals surface area contributed by atoms with E-state index in [9.17, 15) is 9.18 Å². The van der Waals surface area contributed by atoms with E-state index >= 15 is 0 Å². The summed E-state index contributed by atoms with van der Waals surface area (Å²) in [6.45, 7) is 5.30. The summed E-state index contributed by atoms with van der Waals surface area (Å²) >= 11 is 0. The van der Waals surface area contributed by atoms with E-state index in [0.717, 1.165) is 43.6 Å². The number of hydrogen-bond acceptors (Lipinski definition) is 2. The molecule has 0 bridgehead atoms. The summed E-state index contributed by atoms with van der Waals surface area (Å²) in [5.41, 5.74) is 2.81. The normalized spacial score (nSPS) is 15.5. The number of nitrogens with zero attached hydrogens (tertiary/aromatic N) is 1. The molecule has 1 fully saturated rings. The minimum Gasteiger partial charge on any atom is -0.338 e. The Morgan fingerprint density at radius 2 is 1.81 bits per heavy atom. The molecule has 0 aliphatic carbocycles. The van der Waals surface area contributed by atoms with Gasteiger partial charge in [-0.05, 0) is 62.0 Å². The van der Waals surface area contributed by atoms with Crippen molar-refractivity contribution in [3.05, 3.63) is 65.5 Å². The van der Waals surface area contributed by atoms with Crippen molar-refractivity contribution in [3.8, 4) is 0 Å². The first-order valence-corrected chi connectivity index (χ1v) is 9.73. The third kappa shape index (κ3) is 5.79. The average molecular weight is 369 g/mol. The number of carbonyl (C=O) groups is 1. The molecule has 144 valence electrons. The number of nitrogens with one attached hydrogen (secondary N) is 2. The molecular weight excluding hydrogens is 341 g/mol. The second-order valence-corrected chi connectivity index (χ2v) is 7.20. The molecule has 2 amide bonds. The third-order valence-electron chi connectivity index (χ3n) is 5.23. The van der Waals surface area contributed by atoms with Crippen molar-refractivity contribution in [3.63, 3.8) is 0 Å². The number of hydrogen-bond donors (Lipinski definition) is 2. The highest BCUT2D eigenvalue weighted by atomic mass is 19.1. The fourth-order valence-corrected chi connectivity index (χ4v) is 3.45. The lowest BCUT2D eigenvalue weighted by Crippen LogP contribution is -2.39. The van der Waals surface area contributed by atoms with Crippen LogP contribution in [0.1, 0.15) is 30.9 Å². The van der Waals surface area contributed by atoms with Crippen LogP contribution >= 0.6 is 0 Å². The summed E-state index contributed by atoms with van der Waals surface area (Å²) in [5, 5.41) is 5.85. The van der Waals surface area contributed by atoms with Gasteiger partial charge in [0, 0.05) is 24.3 Å². The Hall–Kier alpha value is -2.40. The number of benzene rings is 2. The number of carbonyl (C=O) groups excluding carboxylic acids is 1. The van der Waals surface area contributed by atoms with Gasteiger partial charge in [0.2, 0.25) is 0 Å². The molecule has 0 aromatic heterocycles. The lowest BCUT2D eigenvalue weighted by atomic mass is 9.96. The van der Waals surface area contributed by atoms with E-state index in [0.29, 0.717) is 19.0 Å². The molecule has 1 aliphatic rings. The van der Waals surface area contributed by atoms with Crippen LogP contribution in [0.2, 0.25) is 0 Å². The molecule has 0 unspecified atom stereocenters. The van der Waals surface area contributed by atoms with Crippen LogP contribution in [0.3, 0.4) is 0 Å². The van der Waals surface area contributed by atoms with Crippen LogP contribution < -0.4 is 10.6 Å². The Morgan fingerprint density at radius 1 is 1.11 bits per heavy atom. The van der Waals surface area contributed by atoms with Crippen molar-refractivity contribution in [1.29, 1.82) is 0 Å². The van der Waals surface area contributed by atoms with Gasteiger partial charge in [-0.2, -0.15) is 0 Å². The Morgan fingerprint density at radius 3 is 2.48 bits per heavy atom. The van der Waals surface area contributed by atoms with Crippen molar-refractivity contribution in [2.45, 2.75) is 32.7 Å². The minimum absolute atomic E-state index is 0.134. The standard InChI is InChI=1S/C22H28FN3O/c1-2-17-7-9-20(10-8-17)25-22(27)24-15-18-11-13-26(14-12-18)16-19-5-3-4-6-21(19)23/h3-10,18H,2,11-16H2,1H3,(H2,24,25,27). The highest BCUT2D eigenvalue weighted by molar-refractivity contribution is 5.89. The van der Waals surface area contributed by atoms with Gasteiger partial charge >= 0.3 is 6.03 Å². The monoisotopic (exact) mass is 369 g/mol. The number of piperidine rings is 1. The van der Waals surface area contributed by atoms with Crippen LogP contribution in [0.5, 0.6) is 0 Å². The van der Waals surface area contributed by atoms with Gasteiger partial charge in [0.1, 0.15) is 5.82 Å². The quantitative estimate of drug-likeness (QED) is 0.792. The molecule has 5 heteroatoms. The molecule has 1 heterocycles. The molecule has 1 aliphatic heterocycles. The minimum atomic E-state index is -0.159. The lowest BCUT2D eigenvalue weighted by Gasteiger charge is -2.32. The maximum atomic E-state index is 13.8. The predicted octanol–water partition coefficient (Wildman–Crippen LogP) is 4.42. The van der Waals surface area contributed by atoms with E-state index in [1.807, 2.05) is 36.4 Å². The summed E-state index contributed by atoms with van der Waals surface area (Å²) in [4.78, 5) is 14.4. The largest absolute Gasteiger partial charge is 0.338 e. The topological polar surface area (TPSA) is 44.4 Å². The number of amides is 2. The molecule has 0 spiro atoms. The summed E-state index contributed by atoms with van der Waals surface area (Å²) in [6.07, 6.45) is 3.02. The van der Waals surface area contributed by atoms with E-state index in [-0.39, 0.29) is 11.8 Å². The predicted molar refractivity (Wildman–Crippen MR) is 107 cm³/mol. The molecule has 0 saturated carbocycles. The smallest absolute Gasteiger partial charge is 0.319 e. The zero-order valence-electron chi connectivity index (χ0n) is 15.9. The molecule has 27 heavy (non-hydrogen) atoms. The van der Waals surface area contributed by atoms with E-state index < -0.39 is 0 Å². The van der Waals surface area contributed by atoms with E-state index in [4.69, 9.17) is 0 Å². The third-order valence-corrected chi connectivity index (χ3v) is 5.23. The van der Waals surface area contributed by atoms with Crippen LogP contribution in [-0.4, -0.2) is 30.6 Å². The van der Waals surface area contributed by atoms with Gasteiger partial charge in [-0.3, -0.25) is 4.90 Å². The maximum Gasteiger partial charge on any atom is 0.319 e. The fraction of sp³-hybridized carbons (Fsp3) is 0.409. The molecule has 1 saturated heterocycles. The van der Waals surface area contributed by atoms with Gasteiger partial charge in [-0.25, -0.2) is 9.18 Å². The van der Waals surface area contributed by atoms with Crippen molar-refractivity contribution in [2.75, 3.05) is 25.0 Å². The first kappa shape index (κ1) is 19.4. The number of urea groups is 1. The van der Waals surface area contributed by atoms with Gasteiger partial charge < -0.3 is 10.6 Å². The first-order valence-electron chi connectivity index (χ1n) is 9.73. The van der Waals surface area contributed by atoms with E-state index in [1.165, 1.54) is 11.6 Å². The summed E-state index contributed by atoms with van der Waals surface area (Å²) in [7, 11) is 0. The first-order chi connectivity index (χ1) is 13.1. The second-order valence-electron chi connectivity index (χ2n) is 7.20. The number of anilines is 1. The summed E-state index contributed by atoms with van der Waals surface area (Å²) < 4.78 is 13.8. The Balaban J connectivity index is 1.37. The fourth-order valence-electron chi connectivity index (χ4n) is 3.45. The SMILES string of the molecule is CCc1ccc(NC(=O)NCC2CCN(Cc3ccccc3F)CC2)cc1. The molecule has 0 radical (unpaired) electrons. The Kier molecular flexibility index (Phi) is 6.82. The molecule has 2 aromatic rings. The molecule has 2 aromatic carbocycles. The molecular formula is C22H28FN3O. The number of aryl methyl sites for hydroxylation is 1. The van der Waals surface area contributed by atoms with Gasteiger partial charge in [-0.1, -0.05) is 37.3 Å². The van der Waals surface area contributed by atoms with E-state index in [1.54, 1.807) is 6.07 Å². The van der Waals surface area contributed by atoms with Crippen LogP contribution in [0.15, 0.2) is 48.5 Å². The van der Waals surface area contributed by atoms with Crippen LogP contribution in [0, 0.1) is 11.7 Å². The lowest BCUT2D eigenvalue weighted by molar-refractivity contribution is 0.174. The van der Waals surface area contributed by atoms with Crippen LogP contribution in [-0.2, 0) is 13.0 Å². The zero-order valence-corrected chi connectivity index (χ0v) is 15.9. The summed E-state index contributed by atoms with van der Waals surface area (Å²) in [5.74, 6) is 0.333. The number of halogens is 1. The Bertz CT molecular complexity index is 739. The second kappa shape index (κ2) is 9.51. The van der Waals surface area contributed by atoms with Gasteiger partial charge in [0.05, 0.1) is 0 Å². The van der Waals surface area contributed by atoms with Crippen LogP contribution in [0.25, 0.3) is 0 Å². The highest BCUT2D eigenvalue weighted by Gasteiger charge is 2.20. The van der Waals surface area contributed by atoms with Gasteiger partial charge in [0.15, 0.2) is 0 Å². The highest BCUT2D eigenvalue weighted by Crippen LogP contribution is 2.19. The van der Waals surface area contributed by atoms with Crippen molar-refractivity contribution >= 4 is 11.7 Å². The average Bonchev–Trinajstić information content (AvgIpc) is 2.70. The van der Waals surface area contributed by atoms with Crippen molar-refractivity contribution < 1.29 is 9.18 Å². The van der Waals surface area contributed by atoms with Gasteiger partial charge in [0.25, 0.3) is 0 Å². The van der Waals surface area contributed by atoms with E-state index in [2.05, 4.69) is 22.5 Å².